The highest BCUT2D eigenvalue weighted by molar-refractivity contribution is 6.36. The van der Waals surface area contributed by atoms with Crippen LogP contribution in [0.2, 0.25) is 10.0 Å². The molecule has 1 aromatic heterocycles. The van der Waals surface area contributed by atoms with Crippen LogP contribution in [-0.2, 0) is 0 Å². The summed E-state index contributed by atoms with van der Waals surface area (Å²) in [5.74, 6) is 1.02. The van der Waals surface area contributed by atoms with E-state index in [1.807, 2.05) is 41.5 Å². The van der Waals surface area contributed by atoms with Crippen molar-refractivity contribution in [1.29, 1.82) is 0 Å². The van der Waals surface area contributed by atoms with Crippen LogP contribution in [-0.4, -0.2) is 42.4 Å². The molecule has 0 atom stereocenters. The van der Waals surface area contributed by atoms with Gasteiger partial charge >= 0.3 is 0 Å². The van der Waals surface area contributed by atoms with E-state index < -0.39 is 0 Å². The van der Waals surface area contributed by atoms with Gasteiger partial charge in [-0.3, -0.25) is 5.01 Å². The molecule has 1 aliphatic heterocycles. The van der Waals surface area contributed by atoms with Crippen LogP contribution in [0.15, 0.2) is 47.7 Å². The Morgan fingerprint density at radius 2 is 1.86 bits per heavy atom. The highest BCUT2D eigenvalue weighted by atomic mass is 35.5. The first-order valence-electron chi connectivity index (χ1n) is 7.12. The molecule has 0 unspecified atom stereocenters. The fourth-order valence-electron chi connectivity index (χ4n) is 2.33. The molecule has 0 aliphatic carbocycles. The molecule has 0 spiro atoms. The van der Waals surface area contributed by atoms with Crippen LogP contribution in [0.4, 0.5) is 5.82 Å². The summed E-state index contributed by atoms with van der Waals surface area (Å²) < 4.78 is 0. The number of aromatic nitrogens is 1. The maximum absolute atomic E-state index is 6.14. The molecule has 3 rings (SSSR count). The predicted octanol–water partition coefficient (Wildman–Crippen LogP) is 3.54. The zero-order chi connectivity index (χ0) is 15.4. The highest BCUT2D eigenvalue weighted by Crippen LogP contribution is 2.19. The van der Waals surface area contributed by atoms with Gasteiger partial charge in [-0.1, -0.05) is 35.3 Å². The topological polar surface area (TPSA) is 31.7 Å². The lowest BCUT2D eigenvalue weighted by Crippen LogP contribution is -2.44. The van der Waals surface area contributed by atoms with Crippen LogP contribution < -0.4 is 4.90 Å². The van der Waals surface area contributed by atoms with E-state index in [4.69, 9.17) is 23.2 Å². The number of pyridine rings is 1. The summed E-state index contributed by atoms with van der Waals surface area (Å²) in [4.78, 5) is 6.65. The largest absolute Gasteiger partial charge is 0.353 e. The fraction of sp³-hybridized carbons (Fsp3) is 0.250. The van der Waals surface area contributed by atoms with Crippen molar-refractivity contribution in [2.75, 3.05) is 31.1 Å². The van der Waals surface area contributed by atoms with E-state index in [1.54, 1.807) is 12.3 Å². The van der Waals surface area contributed by atoms with Crippen molar-refractivity contribution in [3.8, 4) is 0 Å². The molecule has 0 bridgehead atoms. The number of anilines is 1. The Hall–Kier alpha value is -1.78. The predicted molar refractivity (Wildman–Crippen MR) is 92.1 cm³/mol. The molecule has 1 saturated heterocycles. The number of piperazine rings is 1. The molecule has 0 radical (unpaired) electrons. The summed E-state index contributed by atoms with van der Waals surface area (Å²) in [6.45, 7) is 3.53. The zero-order valence-electron chi connectivity index (χ0n) is 12.0. The number of hydrazone groups is 1. The molecule has 1 aromatic carbocycles. The van der Waals surface area contributed by atoms with Crippen molar-refractivity contribution in [2.45, 2.75) is 0 Å². The third-order valence-electron chi connectivity index (χ3n) is 3.55. The molecule has 1 fully saturated rings. The van der Waals surface area contributed by atoms with E-state index in [0.29, 0.717) is 10.0 Å². The number of hydrogen-bond donors (Lipinski definition) is 0. The molecule has 1 aliphatic rings. The maximum Gasteiger partial charge on any atom is 0.128 e. The van der Waals surface area contributed by atoms with Gasteiger partial charge in [0, 0.05) is 29.9 Å². The second-order valence-electron chi connectivity index (χ2n) is 5.04. The van der Waals surface area contributed by atoms with Gasteiger partial charge in [0.2, 0.25) is 0 Å². The van der Waals surface area contributed by atoms with E-state index in [0.717, 1.165) is 37.6 Å². The molecule has 0 saturated carbocycles. The Morgan fingerprint density at radius 1 is 1.05 bits per heavy atom. The van der Waals surface area contributed by atoms with Gasteiger partial charge in [-0.2, -0.15) is 5.10 Å². The smallest absolute Gasteiger partial charge is 0.128 e. The van der Waals surface area contributed by atoms with Gasteiger partial charge in [-0.05, 0) is 24.3 Å². The van der Waals surface area contributed by atoms with Crippen molar-refractivity contribution in [3.63, 3.8) is 0 Å². The average molecular weight is 335 g/mol. The van der Waals surface area contributed by atoms with E-state index in [9.17, 15) is 0 Å². The Morgan fingerprint density at radius 3 is 2.55 bits per heavy atom. The van der Waals surface area contributed by atoms with Gasteiger partial charge in [-0.15, -0.1) is 0 Å². The lowest BCUT2D eigenvalue weighted by Gasteiger charge is -2.33. The van der Waals surface area contributed by atoms with Crippen molar-refractivity contribution < 1.29 is 0 Å². The summed E-state index contributed by atoms with van der Waals surface area (Å²) in [6, 6.07) is 11.4. The van der Waals surface area contributed by atoms with Crippen LogP contribution in [0.5, 0.6) is 0 Å². The van der Waals surface area contributed by atoms with Crippen LogP contribution in [0.3, 0.4) is 0 Å². The molecular weight excluding hydrogens is 319 g/mol. The third-order valence-corrected chi connectivity index (χ3v) is 4.11. The Bertz CT molecular complexity index is 652. The van der Waals surface area contributed by atoms with Crippen molar-refractivity contribution in [2.24, 2.45) is 5.10 Å². The molecule has 4 nitrogen and oxygen atoms in total. The Kier molecular flexibility index (Phi) is 4.80. The van der Waals surface area contributed by atoms with Gasteiger partial charge in [0.1, 0.15) is 5.82 Å². The average Bonchev–Trinajstić information content (AvgIpc) is 2.55. The Labute approximate surface area is 140 Å². The van der Waals surface area contributed by atoms with Crippen LogP contribution in [0, 0.1) is 0 Å². The summed E-state index contributed by atoms with van der Waals surface area (Å²) in [7, 11) is 0. The first-order chi connectivity index (χ1) is 10.7. The van der Waals surface area contributed by atoms with E-state index >= 15 is 0 Å². The molecule has 2 heterocycles. The summed E-state index contributed by atoms with van der Waals surface area (Å²) in [5.41, 5.74) is 0.873. The second kappa shape index (κ2) is 6.99. The molecule has 114 valence electrons. The van der Waals surface area contributed by atoms with Crippen molar-refractivity contribution in [1.82, 2.24) is 9.99 Å². The minimum Gasteiger partial charge on any atom is -0.353 e. The van der Waals surface area contributed by atoms with Gasteiger partial charge in [-0.25, -0.2) is 4.98 Å². The first kappa shape index (κ1) is 15.1. The summed E-state index contributed by atoms with van der Waals surface area (Å²) >= 11 is 12.0. The highest BCUT2D eigenvalue weighted by Gasteiger charge is 2.16. The van der Waals surface area contributed by atoms with Gasteiger partial charge in [0.15, 0.2) is 0 Å². The Balaban J connectivity index is 1.59. The molecule has 0 N–H and O–H groups in total. The van der Waals surface area contributed by atoms with Crippen LogP contribution >= 0.6 is 23.2 Å². The van der Waals surface area contributed by atoms with E-state index in [1.165, 1.54) is 0 Å². The number of nitrogens with zero attached hydrogens (tertiary/aromatic N) is 4. The van der Waals surface area contributed by atoms with Crippen LogP contribution in [0.25, 0.3) is 0 Å². The van der Waals surface area contributed by atoms with Gasteiger partial charge in [0.25, 0.3) is 0 Å². The molecule has 6 heteroatoms. The van der Waals surface area contributed by atoms with Crippen molar-refractivity contribution >= 4 is 35.2 Å². The third kappa shape index (κ3) is 3.70. The fourth-order valence-corrected chi connectivity index (χ4v) is 2.79. The lowest BCUT2D eigenvalue weighted by molar-refractivity contribution is 0.271. The number of hydrogen-bond acceptors (Lipinski definition) is 4. The minimum absolute atomic E-state index is 0.614. The minimum atomic E-state index is 0.614. The molecular formula is C16H16Cl2N4. The normalized spacial score (nSPS) is 15.5. The molecule has 2 aromatic rings. The molecule has 22 heavy (non-hydrogen) atoms. The standard InChI is InChI=1S/C16H16Cl2N4/c17-14-5-4-13(15(18)11-14)12-20-22-9-7-21(8-10-22)16-3-1-2-6-19-16/h1-6,11-12H,7-10H2/b20-12-. The number of benzene rings is 1. The number of halogens is 2. The zero-order valence-corrected chi connectivity index (χ0v) is 13.5. The monoisotopic (exact) mass is 334 g/mol. The van der Waals surface area contributed by atoms with Crippen LogP contribution in [0.1, 0.15) is 5.56 Å². The molecule has 0 amide bonds. The lowest BCUT2D eigenvalue weighted by atomic mass is 10.2. The van der Waals surface area contributed by atoms with Crippen molar-refractivity contribution in [3.05, 3.63) is 58.2 Å². The SMILES string of the molecule is Clc1ccc(/C=N\N2CCN(c3ccccn3)CC2)c(Cl)c1. The summed E-state index contributed by atoms with van der Waals surface area (Å²) in [5, 5.41) is 7.80. The number of rotatable bonds is 3. The quantitative estimate of drug-likeness (QED) is 0.804. The van der Waals surface area contributed by atoms with E-state index in [2.05, 4.69) is 15.0 Å². The van der Waals surface area contributed by atoms with Gasteiger partial charge < -0.3 is 4.90 Å². The second-order valence-corrected chi connectivity index (χ2v) is 5.88. The summed E-state index contributed by atoms with van der Waals surface area (Å²) in [6.07, 6.45) is 3.61. The maximum atomic E-state index is 6.14. The first-order valence-corrected chi connectivity index (χ1v) is 7.88. The van der Waals surface area contributed by atoms with E-state index in [-0.39, 0.29) is 0 Å². The van der Waals surface area contributed by atoms with Gasteiger partial charge in [0.05, 0.1) is 24.3 Å².